The summed E-state index contributed by atoms with van der Waals surface area (Å²) in [5, 5.41) is 9.18. The lowest BCUT2D eigenvalue weighted by Crippen LogP contribution is -2.42. The van der Waals surface area contributed by atoms with Gasteiger partial charge < -0.3 is 10.2 Å². The minimum atomic E-state index is 0.420. The van der Waals surface area contributed by atoms with Gasteiger partial charge in [-0.15, -0.1) is 0 Å². The summed E-state index contributed by atoms with van der Waals surface area (Å²) in [6, 6.07) is 8.70. The van der Waals surface area contributed by atoms with E-state index in [4.69, 9.17) is 0 Å². The Hall–Kier alpha value is -2.08. The number of aryl methyl sites for hydroxylation is 1. The molecular weight excluding hydrogens is 366 g/mol. The highest BCUT2D eigenvalue weighted by molar-refractivity contribution is 9.10. The highest BCUT2D eigenvalue weighted by Crippen LogP contribution is 2.27. The van der Waals surface area contributed by atoms with Crippen molar-refractivity contribution < 1.29 is 0 Å². The molecule has 1 aliphatic rings. The molecule has 1 atom stereocenters. The first kappa shape index (κ1) is 15.4. The number of pyridine rings is 1. The van der Waals surface area contributed by atoms with Crippen LogP contribution in [0.25, 0.3) is 10.9 Å². The van der Waals surface area contributed by atoms with E-state index in [1.807, 2.05) is 36.3 Å². The molecule has 1 N–H and O–H groups in total. The predicted octanol–water partition coefficient (Wildman–Crippen LogP) is 3.81. The molecule has 1 saturated heterocycles. The molecule has 0 saturated carbocycles. The van der Waals surface area contributed by atoms with Gasteiger partial charge in [0.05, 0.1) is 17.4 Å². The molecule has 1 aromatic carbocycles. The second-order valence-corrected chi connectivity index (χ2v) is 7.24. The van der Waals surface area contributed by atoms with Crippen molar-refractivity contribution in [3.8, 4) is 0 Å². The van der Waals surface area contributed by atoms with Crippen LogP contribution in [-0.4, -0.2) is 33.9 Å². The normalized spacial score (nSPS) is 18.1. The average Bonchev–Trinajstić information content (AvgIpc) is 3.02. The van der Waals surface area contributed by atoms with E-state index >= 15 is 0 Å². The smallest absolute Gasteiger partial charge is 0.0753 e. The Bertz CT molecular complexity index is 859. The molecule has 0 spiro atoms. The van der Waals surface area contributed by atoms with Gasteiger partial charge in [-0.1, -0.05) is 15.9 Å². The molecule has 1 aliphatic heterocycles. The molecule has 1 fully saturated rings. The van der Waals surface area contributed by atoms with Crippen molar-refractivity contribution >= 4 is 38.2 Å². The van der Waals surface area contributed by atoms with Gasteiger partial charge >= 0.3 is 0 Å². The second-order valence-electron chi connectivity index (χ2n) is 6.32. The molecule has 3 aromatic rings. The Morgan fingerprint density at radius 1 is 1.29 bits per heavy atom. The summed E-state index contributed by atoms with van der Waals surface area (Å²) in [6.45, 7) is 2.08. The maximum atomic E-state index is 4.46. The Labute approximate surface area is 149 Å². The molecule has 2 aromatic heterocycles. The number of nitrogens with zero attached hydrogens (tertiary/aromatic N) is 4. The zero-order valence-electron chi connectivity index (χ0n) is 13.6. The maximum absolute atomic E-state index is 4.46. The SMILES string of the molecule is Cn1cc(N2CCCC(Nc3ccnc4ccc(Br)cc34)C2)cn1. The number of anilines is 2. The summed E-state index contributed by atoms with van der Waals surface area (Å²) >= 11 is 3.56. The lowest BCUT2D eigenvalue weighted by atomic mass is 10.0. The first-order chi connectivity index (χ1) is 11.7. The summed E-state index contributed by atoms with van der Waals surface area (Å²) in [6.07, 6.45) is 8.26. The third-order valence-corrected chi connectivity index (χ3v) is 5.03. The van der Waals surface area contributed by atoms with E-state index in [1.165, 1.54) is 18.5 Å². The monoisotopic (exact) mass is 385 g/mol. The zero-order chi connectivity index (χ0) is 16.5. The molecule has 3 heterocycles. The summed E-state index contributed by atoms with van der Waals surface area (Å²) in [7, 11) is 1.96. The van der Waals surface area contributed by atoms with Gasteiger partial charge in [0, 0.05) is 54.1 Å². The van der Waals surface area contributed by atoms with Crippen LogP contribution in [0.2, 0.25) is 0 Å². The van der Waals surface area contributed by atoms with Crippen LogP contribution in [0.1, 0.15) is 12.8 Å². The molecule has 5 nitrogen and oxygen atoms in total. The number of rotatable bonds is 3. The standard InChI is InChI=1S/C18H20BrN5/c1-23-12-15(10-21-23)24-8-2-3-14(11-24)22-18-6-7-20-17-5-4-13(19)9-16(17)18/h4-7,9-10,12,14H,2-3,8,11H2,1H3,(H,20,22). The first-order valence-corrected chi connectivity index (χ1v) is 9.03. The van der Waals surface area contributed by atoms with Crippen LogP contribution in [0.5, 0.6) is 0 Å². The molecule has 124 valence electrons. The van der Waals surface area contributed by atoms with Gasteiger partial charge in [-0.25, -0.2) is 0 Å². The Kier molecular flexibility index (Phi) is 4.14. The fourth-order valence-corrected chi connectivity index (χ4v) is 3.73. The topological polar surface area (TPSA) is 46.0 Å². The molecule has 24 heavy (non-hydrogen) atoms. The van der Waals surface area contributed by atoms with Crippen LogP contribution in [0, 0.1) is 0 Å². The van der Waals surface area contributed by atoms with Crippen LogP contribution in [0.3, 0.4) is 0 Å². The van der Waals surface area contributed by atoms with Crippen molar-refractivity contribution in [1.82, 2.24) is 14.8 Å². The highest BCUT2D eigenvalue weighted by atomic mass is 79.9. The van der Waals surface area contributed by atoms with Crippen LogP contribution in [-0.2, 0) is 7.05 Å². The van der Waals surface area contributed by atoms with E-state index < -0.39 is 0 Å². The second kappa shape index (κ2) is 6.43. The van der Waals surface area contributed by atoms with Crippen LogP contribution < -0.4 is 10.2 Å². The molecule has 0 radical (unpaired) electrons. The number of halogens is 1. The summed E-state index contributed by atoms with van der Waals surface area (Å²) in [5.74, 6) is 0. The van der Waals surface area contributed by atoms with Gasteiger partial charge in [-0.2, -0.15) is 5.10 Å². The third-order valence-electron chi connectivity index (χ3n) is 4.54. The molecule has 1 unspecified atom stereocenters. The molecule has 0 aliphatic carbocycles. The van der Waals surface area contributed by atoms with E-state index in [0.29, 0.717) is 6.04 Å². The molecular formula is C18H20BrN5. The van der Waals surface area contributed by atoms with Crippen molar-refractivity contribution in [3.05, 3.63) is 47.3 Å². The van der Waals surface area contributed by atoms with Gasteiger partial charge in [-0.05, 0) is 37.1 Å². The molecule has 4 rings (SSSR count). The number of hydrogen-bond donors (Lipinski definition) is 1. The average molecular weight is 386 g/mol. The van der Waals surface area contributed by atoms with Crippen LogP contribution in [0.15, 0.2) is 47.3 Å². The van der Waals surface area contributed by atoms with E-state index in [1.54, 1.807) is 0 Å². The van der Waals surface area contributed by atoms with Gasteiger partial charge in [0.2, 0.25) is 0 Å². The van der Waals surface area contributed by atoms with E-state index in [-0.39, 0.29) is 0 Å². The van der Waals surface area contributed by atoms with Crippen molar-refractivity contribution in [2.45, 2.75) is 18.9 Å². The van der Waals surface area contributed by atoms with Crippen molar-refractivity contribution in [2.75, 3.05) is 23.3 Å². The minimum Gasteiger partial charge on any atom is -0.380 e. The summed E-state index contributed by atoms with van der Waals surface area (Å²) in [5.41, 5.74) is 3.37. The quantitative estimate of drug-likeness (QED) is 0.744. The molecule has 0 amide bonds. The highest BCUT2D eigenvalue weighted by Gasteiger charge is 2.21. The number of fused-ring (bicyclic) bond motifs is 1. The van der Waals surface area contributed by atoms with E-state index in [2.05, 4.69) is 54.6 Å². The molecule has 0 bridgehead atoms. The largest absolute Gasteiger partial charge is 0.380 e. The number of nitrogens with one attached hydrogen (secondary N) is 1. The Morgan fingerprint density at radius 3 is 3.04 bits per heavy atom. The van der Waals surface area contributed by atoms with E-state index in [0.717, 1.165) is 34.2 Å². The van der Waals surface area contributed by atoms with Gasteiger partial charge in [0.1, 0.15) is 0 Å². The lowest BCUT2D eigenvalue weighted by molar-refractivity contribution is 0.530. The van der Waals surface area contributed by atoms with Crippen molar-refractivity contribution in [1.29, 1.82) is 0 Å². The first-order valence-electron chi connectivity index (χ1n) is 8.23. The van der Waals surface area contributed by atoms with Crippen molar-refractivity contribution in [3.63, 3.8) is 0 Å². The van der Waals surface area contributed by atoms with Gasteiger partial charge in [-0.3, -0.25) is 9.67 Å². The summed E-state index contributed by atoms with van der Waals surface area (Å²) in [4.78, 5) is 6.87. The van der Waals surface area contributed by atoms with E-state index in [9.17, 15) is 0 Å². The van der Waals surface area contributed by atoms with Gasteiger partial charge in [0.15, 0.2) is 0 Å². The predicted molar refractivity (Wildman–Crippen MR) is 102 cm³/mol. The zero-order valence-corrected chi connectivity index (χ0v) is 15.2. The van der Waals surface area contributed by atoms with Crippen molar-refractivity contribution in [2.24, 2.45) is 7.05 Å². The Morgan fingerprint density at radius 2 is 2.21 bits per heavy atom. The Balaban J connectivity index is 1.56. The molecule has 6 heteroatoms. The summed E-state index contributed by atoms with van der Waals surface area (Å²) < 4.78 is 2.94. The minimum absolute atomic E-state index is 0.420. The lowest BCUT2D eigenvalue weighted by Gasteiger charge is -2.34. The number of piperidine rings is 1. The number of hydrogen-bond acceptors (Lipinski definition) is 4. The maximum Gasteiger partial charge on any atom is 0.0753 e. The third kappa shape index (κ3) is 3.11. The number of aromatic nitrogens is 3. The van der Waals surface area contributed by atoms with Crippen LogP contribution in [0.4, 0.5) is 11.4 Å². The number of benzene rings is 1. The van der Waals surface area contributed by atoms with Crippen LogP contribution >= 0.6 is 15.9 Å². The fourth-order valence-electron chi connectivity index (χ4n) is 3.37. The van der Waals surface area contributed by atoms with Gasteiger partial charge in [0.25, 0.3) is 0 Å². The fraction of sp³-hybridized carbons (Fsp3) is 0.333.